The molecule has 156 valence electrons. The van der Waals surface area contributed by atoms with Crippen molar-refractivity contribution in [3.8, 4) is 0 Å². The molecule has 1 heterocycles. The molecule has 3 rings (SSSR count). The van der Waals surface area contributed by atoms with Crippen LogP contribution in [0.4, 0.5) is 11.4 Å². The number of thioether (sulfide) groups is 1. The maximum absolute atomic E-state index is 12.2. The predicted molar refractivity (Wildman–Crippen MR) is 113 cm³/mol. The first-order valence-corrected chi connectivity index (χ1v) is 11.0. The first-order chi connectivity index (χ1) is 13.9. The van der Waals surface area contributed by atoms with Crippen LogP contribution in [0.2, 0.25) is 5.02 Å². The number of nitrogens with zero attached hydrogens (tertiary/aromatic N) is 4. The number of amides is 1. The largest absolute Gasteiger partial charge is 0.325 e. The van der Waals surface area contributed by atoms with Gasteiger partial charge in [-0.1, -0.05) is 55.5 Å². The van der Waals surface area contributed by atoms with Gasteiger partial charge in [0.2, 0.25) is 5.91 Å². The molecule has 0 spiro atoms. The molecule has 8 nitrogen and oxygen atoms in total. The van der Waals surface area contributed by atoms with E-state index in [0.29, 0.717) is 10.8 Å². The zero-order valence-electron chi connectivity index (χ0n) is 16.3. The first kappa shape index (κ1) is 21.6. The summed E-state index contributed by atoms with van der Waals surface area (Å²) in [4.78, 5) is 22.6. The van der Waals surface area contributed by atoms with Gasteiger partial charge in [-0.05, 0) is 24.5 Å². The van der Waals surface area contributed by atoms with Crippen molar-refractivity contribution >= 4 is 40.6 Å². The molecule has 0 atom stereocenters. The van der Waals surface area contributed by atoms with Gasteiger partial charge in [0.1, 0.15) is 10.8 Å². The second-order valence-electron chi connectivity index (χ2n) is 7.26. The number of anilines is 1. The molecule has 1 aliphatic carbocycles. The van der Waals surface area contributed by atoms with E-state index < -0.39 is 4.92 Å². The van der Waals surface area contributed by atoms with Gasteiger partial charge < -0.3 is 9.88 Å². The second kappa shape index (κ2) is 10.1. The standard InChI is InChI=1S/C19H24ClN5O3S/c1-24-17(10-7-13-5-3-2-4-6-13)22-23-19(24)29-12-18(26)21-14-8-9-15(20)16(11-14)25(27)28/h8-9,11,13H,2-7,10,12H2,1H3,(H,21,26). The molecule has 1 saturated carbocycles. The molecule has 1 aliphatic rings. The highest BCUT2D eigenvalue weighted by Crippen LogP contribution is 2.29. The number of hydrogen-bond donors (Lipinski definition) is 1. The van der Waals surface area contributed by atoms with E-state index in [-0.39, 0.29) is 22.4 Å². The van der Waals surface area contributed by atoms with E-state index >= 15 is 0 Å². The number of rotatable bonds is 8. The smallest absolute Gasteiger partial charge is 0.289 e. The maximum Gasteiger partial charge on any atom is 0.289 e. The normalized spacial score (nSPS) is 14.7. The minimum atomic E-state index is -0.582. The quantitative estimate of drug-likeness (QED) is 0.367. The lowest BCUT2D eigenvalue weighted by Gasteiger charge is -2.20. The van der Waals surface area contributed by atoms with Crippen LogP contribution in [0.5, 0.6) is 0 Å². The fraction of sp³-hybridized carbons (Fsp3) is 0.526. The van der Waals surface area contributed by atoms with Crippen molar-refractivity contribution in [1.29, 1.82) is 0 Å². The number of nitro benzene ring substituents is 1. The predicted octanol–water partition coefficient (Wildman–Crippen LogP) is 4.62. The van der Waals surface area contributed by atoms with Gasteiger partial charge >= 0.3 is 0 Å². The maximum atomic E-state index is 12.2. The lowest BCUT2D eigenvalue weighted by atomic mass is 9.86. The Morgan fingerprint density at radius 3 is 2.83 bits per heavy atom. The van der Waals surface area contributed by atoms with Crippen LogP contribution >= 0.6 is 23.4 Å². The fourth-order valence-electron chi connectivity index (χ4n) is 3.55. The third-order valence-electron chi connectivity index (χ3n) is 5.18. The minimum Gasteiger partial charge on any atom is -0.325 e. The van der Waals surface area contributed by atoms with Crippen molar-refractivity contribution in [3.05, 3.63) is 39.2 Å². The molecular weight excluding hydrogens is 414 g/mol. The molecule has 2 aromatic rings. The van der Waals surface area contributed by atoms with Crippen LogP contribution in [0, 0.1) is 16.0 Å². The molecule has 0 saturated heterocycles. The summed E-state index contributed by atoms with van der Waals surface area (Å²) in [6.45, 7) is 0. The number of benzene rings is 1. The number of carbonyl (C=O) groups excluding carboxylic acids is 1. The molecule has 1 aromatic heterocycles. The second-order valence-corrected chi connectivity index (χ2v) is 8.61. The number of aromatic nitrogens is 3. The van der Waals surface area contributed by atoms with Crippen molar-refractivity contribution in [1.82, 2.24) is 14.8 Å². The zero-order valence-corrected chi connectivity index (χ0v) is 17.8. The van der Waals surface area contributed by atoms with Crippen LogP contribution in [0.25, 0.3) is 0 Å². The summed E-state index contributed by atoms with van der Waals surface area (Å²) in [6, 6.07) is 4.17. The van der Waals surface area contributed by atoms with Gasteiger partial charge in [-0.2, -0.15) is 0 Å². The van der Waals surface area contributed by atoms with E-state index in [9.17, 15) is 14.9 Å². The summed E-state index contributed by atoms with van der Waals surface area (Å²) in [7, 11) is 1.92. The molecule has 1 aromatic carbocycles. The van der Waals surface area contributed by atoms with Crippen molar-refractivity contribution in [2.75, 3.05) is 11.1 Å². The molecular formula is C19H24ClN5O3S. The number of hydrogen-bond acceptors (Lipinski definition) is 6. The van der Waals surface area contributed by atoms with Crippen LogP contribution < -0.4 is 5.32 Å². The number of nitro groups is 1. The van der Waals surface area contributed by atoms with Crippen molar-refractivity contribution in [2.45, 2.75) is 50.1 Å². The summed E-state index contributed by atoms with van der Waals surface area (Å²) < 4.78 is 1.94. The highest BCUT2D eigenvalue weighted by atomic mass is 35.5. The van der Waals surface area contributed by atoms with Crippen molar-refractivity contribution < 1.29 is 9.72 Å². The van der Waals surface area contributed by atoms with E-state index in [1.807, 2.05) is 11.6 Å². The Labute approximate surface area is 178 Å². The monoisotopic (exact) mass is 437 g/mol. The zero-order chi connectivity index (χ0) is 20.8. The Bertz CT molecular complexity index is 883. The third-order valence-corrected chi connectivity index (χ3v) is 6.52. The van der Waals surface area contributed by atoms with E-state index in [0.717, 1.165) is 24.6 Å². The topological polar surface area (TPSA) is 103 Å². The Kier molecular flexibility index (Phi) is 7.49. The number of carbonyl (C=O) groups is 1. The SMILES string of the molecule is Cn1c(CCC2CCCCC2)nnc1SCC(=O)Nc1ccc(Cl)c([N+](=O)[O-])c1. The van der Waals surface area contributed by atoms with Crippen LogP contribution in [-0.2, 0) is 18.3 Å². The molecule has 0 aliphatic heterocycles. The van der Waals surface area contributed by atoms with Crippen LogP contribution in [-0.4, -0.2) is 31.3 Å². The summed E-state index contributed by atoms with van der Waals surface area (Å²) in [6.07, 6.45) is 8.66. The molecule has 0 unspecified atom stereocenters. The Morgan fingerprint density at radius 1 is 1.34 bits per heavy atom. The van der Waals surface area contributed by atoms with Gasteiger partial charge in [0, 0.05) is 25.2 Å². The summed E-state index contributed by atoms with van der Waals surface area (Å²) in [5.74, 6) is 1.57. The molecule has 29 heavy (non-hydrogen) atoms. The highest BCUT2D eigenvalue weighted by molar-refractivity contribution is 7.99. The van der Waals surface area contributed by atoms with Gasteiger partial charge in [0.15, 0.2) is 5.16 Å². The van der Waals surface area contributed by atoms with Crippen LogP contribution in [0.1, 0.15) is 44.3 Å². The summed E-state index contributed by atoms with van der Waals surface area (Å²) >= 11 is 7.08. The number of nitrogens with one attached hydrogen (secondary N) is 1. The first-order valence-electron chi connectivity index (χ1n) is 9.69. The Hall–Kier alpha value is -2.13. The van der Waals surface area contributed by atoms with Crippen LogP contribution in [0.15, 0.2) is 23.4 Å². The highest BCUT2D eigenvalue weighted by Gasteiger charge is 2.17. The summed E-state index contributed by atoms with van der Waals surface area (Å²) in [5, 5.41) is 22.8. The van der Waals surface area contributed by atoms with Gasteiger partial charge in [0.25, 0.3) is 5.69 Å². The van der Waals surface area contributed by atoms with Crippen LogP contribution in [0.3, 0.4) is 0 Å². The van der Waals surface area contributed by atoms with Gasteiger partial charge in [0.05, 0.1) is 10.7 Å². The number of aryl methyl sites for hydroxylation is 1. The minimum absolute atomic E-state index is 0.0298. The van der Waals surface area contributed by atoms with Gasteiger partial charge in [-0.3, -0.25) is 14.9 Å². The Balaban J connectivity index is 1.51. The average molecular weight is 438 g/mol. The molecule has 1 fully saturated rings. The Morgan fingerprint density at radius 2 is 2.10 bits per heavy atom. The van der Waals surface area contributed by atoms with E-state index in [2.05, 4.69) is 15.5 Å². The third kappa shape index (κ3) is 5.93. The van der Waals surface area contributed by atoms with Gasteiger partial charge in [-0.25, -0.2) is 0 Å². The van der Waals surface area contributed by atoms with Gasteiger partial charge in [-0.15, -0.1) is 10.2 Å². The molecule has 10 heteroatoms. The van der Waals surface area contributed by atoms with E-state index in [4.69, 9.17) is 11.6 Å². The number of halogens is 1. The molecule has 0 radical (unpaired) electrons. The lowest BCUT2D eigenvalue weighted by molar-refractivity contribution is -0.384. The van der Waals surface area contributed by atoms with Crippen molar-refractivity contribution in [3.63, 3.8) is 0 Å². The summed E-state index contributed by atoms with van der Waals surface area (Å²) in [5.41, 5.74) is 0.0888. The fourth-order valence-corrected chi connectivity index (χ4v) is 4.47. The average Bonchev–Trinajstić information content (AvgIpc) is 3.06. The van der Waals surface area contributed by atoms with E-state index in [1.165, 1.54) is 62.1 Å². The van der Waals surface area contributed by atoms with E-state index in [1.54, 1.807) is 0 Å². The van der Waals surface area contributed by atoms with Crippen molar-refractivity contribution in [2.24, 2.45) is 13.0 Å². The molecule has 1 N–H and O–H groups in total. The molecule has 0 bridgehead atoms. The molecule has 1 amide bonds. The lowest BCUT2D eigenvalue weighted by Crippen LogP contribution is -2.14.